The van der Waals surface area contributed by atoms with Crippen LogP contribution in [0, 0.1) is 47.4 Å². The van der Waals surface area contributed by atoms with E-state index in [0.29, 0.717) is 0 Å². The van der Waals surface area contributed by atoms with Crippen molar-refractivity contribution in [1.82, 2.24) is 4.57 Å². The smallest absolute Gasteiger partial charge is 0.0541 e. The van der Waals surface area contributed by atoms with Crippen molar-refractivity contribution in [2.45, 2.75) is 19.3 Å². The Hall–Kier alpha value is -4.24. The van der Waals surface area contributed by atoms with Gasteiger partial charge < -0.3 is 9.47 Å². The van der Waals surface area contributed by atoms with Gasteiger partial charge in [-0.05, 0) is 70.1 Å². The van der Waals surface area contributed by atoms with Gasteiger partial charge in [-0.3, -0.25) is 0 Å². The number of benzene rings is 7. The molecule has 1 aliphatic carbocycles. The third-order valence-electron chi connectivity index (χ3n) is 9.69. The largest absolute Gasteiger partial charge is 0.333 e. The fraction of sp³-hybridized carbons (Fsp3) is 0.0698. The maximum absolute atomic E-state index is 3.20. The molecular formula is C43H31N2Pr-. The van der Waals surface area contributed by atoms with E-state index in [9.17, 15) is 0 Å². The minimum Gasteiger partial charge on any atom is -0.333 e. The van der Waals surface area contributed by atoms with E-state index in [1.54, 1.807) is 0 Å². The van der Waals surface area contributed by atoms with E-state index in [1.165, 1.54) is 66.2 Å². The van der Waals surface area contributed by atoms with Gasteiger partial charge in [0.25, 0.3) is 0 Å². The van der Waals surface area contributed by atoms with Gasteiger partial charge in [0.1, 0.15) is 0 Å². The maximum atomic E-state index is 3.20. The number of hydrogen-bond donors (Lipinski definition) is 0. The second kappa shape index (κ2) is 11.2. The SMILES string of the molecule is CC1(C)c2cc(-n3c4ccccc4c4ccccc43)ccc2-c2c1cc(N(c1cc[c-]cc1)c1ccccc1)c1ccccc21.[Pr]. The summed E-state index contributed by atoms with van der Waals surface area (Å²) in [5.41, 5.74) is 12.3. The maximum Gasteiger partial charge on any atom is 0.0541 e. The molecule has 1 aromatic heterocycles. The minimum atomic E-state index is -0.203. The summed E-state index contributed by atoms with van der Waals surface area (Å²) < 4.78 is 2.43. The number of anilines is 3. The summed E-state index contributed by atoms with van der Waals surface area (Å²) in [7, 11) is 0. The van der Waals surface area contributed by atoms with Crippen LogP contribution in [-0.4, -0.2) is 4.57 Å². The van der Waals surface area contributed by atoms with Gasteiger partial charge in [-0.1, -0.05) is 104 Å². The average molecular weight is 717 g/mol. The van der Waals surface area contributed by atoms with Crippen LogP contribution in [0.15, 0.2) is 152 Å². The summed E-state index contributed by atoms with van der Waals surface area (Å²) >= 11 is 0. The fourth-order valence-electron chi connectivity index (χ4n) is 7.61. The van der Waals surface area contributed by atoms with Gasteiger partial charge in [0, 0.05) is 74.2 Å². The Morgan fingerprint density at radius 2 is 1.11 bits per heavy atom. The van der Waals surface area contributed by atoms with Crippen LogP contribution < -0.4 is 4.90 Å². The molecule has 0 saturated heterocycles. The van der Waals surface area contributed by atoms with Crippen molar-refractivity contribution in [3.05, 3.63) is 169 Å². The van der Waals surface area contributed by atoms with Crippen LogP contribution in [0.25, 0.3) is 49.4 Å². The van der Waals surface area contributed by atoms with E-state index in [4.69, 9.17) is 0 Å². The van der Waals surface area contributed by atoms with Crippen molar-refractivity contribution in [3.8, 4) is 16.8 Å². The van der Waals surface area contributed by atoms with E-state index < -0.39 is 0 Å². The third-order valence-corrected chi connectivity index (χ3v) is 9.69. The second-order valence-corrected chi connectivity index (χ2v) is 12.5. The Balaban J connectivity index is 0.00000312. The first-order valence-electron chi connectivity index (χ1n) is 15.6. The molecule has 1 heterocycles. The first-order chi connectivity index (χ1) is 22.1. The van der Waals surface area contributed by atoms with Crippen LogP contribution in [0.2, 0.25) is 0 Å². The van der Waals surface area contributed by atoms with E-state index in [-0.39, 0.29) is 46.7 Å². The number of para-hydroxylation sites is 3. The Labute approximate surface area is 302 Å². The Bertz CT molecular complexity index is 2310. The third kappa shape index (κ3) is 4.31. The predicted octanol–water partition coefficient (Wildman–Crippen LogP) is 11.5. The van der Waals surface area contributed by atoms with Crippen LogP contribution in [0.3, 0.4) is 0 Å². The standard InChI is InChI=1S/C43H31N2.Pr/c1-43(2)37-27-31(45-39-23-13-11-19-32(39)33-20-12-14-24-40(33)45)25-26-36(37)42-35-22-10-9-21-34(35)41(28-38(42)43)44(29-15-5-3-6-16-29)30-17-7-4-8-18-30;/h3,5-28H,1-2H3;/q-1;. The Morgan fingerprint density at radius 3 is 1.78 bits per heavy atom. The summed E-state index contributed by atoms with van der Waals surface area (Å²) in [5, 5.41) is 5.09. The van der Waals surface area contributed by atoms with Crippen molar-refractivity contribution < 1.29 is 41.3 Å². The van der Waals surface area contributed by atoms with Crippen LogP contribution in [0.4, 0.5) is 17.1 Å². The number of rotatable bonds is 4. The van der Waals surface area contributed by atoms with Gasteiger partial charge in [-0.25, -0.2) is 0 Å². The Morgan fingerprint density at radius 1 is 0.543 bits per heavy atom. The van der Waals surface area contributed by atoms with E-state index in [0.717, 1.165) is 11.4 Å². The first kappa shape index (κ1) is 29.2. The minimum absolute atomic E-state index is 0. The van der Waals surface area contributed by atoms with Crippen molar-refractivity contribution in [2.24, 2.45) is 0 Å². The van der Waals surface area contributed by atoms with Gasteiger partial charge in [0.2, 0.25) is 0 Å². The molecule has 1 radical (unpaired) electrons. The zero-order valence-corrected chi connectivity index (χ0v) is 29.6. The molecule has 0 saturated carbocycles. The molecule has 1 aliphatic rings. The summed E-state index contributed by atoms with van der Waals surface area (Å²) in [6.07, 6.45) is 0. The molecule has 0 fully saturated rings. The summed E-state index contributed by atoms with van der Waals surface area (Å²) in [6, 6.07) is 58.1. The summed E-state index contributed by atoms with van der Waals surface area (Å²) in [6.45, 7) is 4.77. The molecule has 46 heavy (non-hydrogen) atoms. The number of aromatic nitrogens is 1. The Kier molecular flexibility index (Phi) is 7.12. The van der Waals surface area contributed by atoms with E-state index in [2.05, 4.69) is 169 Å². The topological polar surface area (TPSA) is 8.17 Å². The molecule has 0 spiro atoms. The van der Waals surface area contributed by atoms with Gasteiger partial charge in [-0.15, -0.1) is 12.1 Å². The van der Waals surface area contributed by atoms with Crippen molar-refractivity contribution in [2.75, 3.05) is 4.90 Å². The van der Waals surface area contributed by atoms with Gasteiger partial charge in [0.05, 0.1) is 16.7 Å². The number of fused-ring (bicyclic) bond motifs is 8. The zero-order chi connectivity index (χ0) is 30.1. The molecule has 0 unspecified atom stereocenters. The van der Waals surface area contributed by atoms with Crippen LogP contribution >= 0.6 is 0 Å². The quantitative estimate of drug-likeness (QED) is 0.165. The van der Waals surface area contributed by atoms with E-state index >= 15 is 0 Å². The monoisotopic (exact) mass is 716 g/mol. The summed E-state index contributed by atoms with van der Waals surface area (Å²) in [4.78, 5) is 2.39. The predicted molar refractivity (Wildman–Crippen MR) is 189 cm³/mol. The molecule has 3 heteroatoms. The van der Waals surface area contributed by atoms with Gasteiger partial charge in [-0.2, -0.15) is 18.2 Å². The molecule has 0 aliphatic heterocycles. The van der Waals surface area contributed by atoms with Crippen LogP contribution in [0.5, 0.6) is 0 Å². The molecule has 0 N–H and O–H groups in total. The first-order valence-corrected chi connectivity index (χ1v) is 15.6. The fourth-order valence-corrected chi connectivity index (χ4v) is 7.61. The molecule has 0 bridgehead atoms. The van der Waals surface area contributed by atoms with Crippen molar-refractivity contribution in [3.63, 3.8) is 0 Å². The van der Waals surface area contributed by atoms with Crippen molar-refractivity contribution in [1.29, 1.82) is 0 Å². The molecular weight excluding hydrogens is 685 g/mol. The van der Waals surface area contributed by atoms with E-state index in [1.807, 2.05) is 12.1 Å². The molecule has 9 rings (SSSR count). The molecule has 217 valence electrons. The molecule has 7 aromatic carbocycles. The molecule has 0 amide bonds. The normalized spacial score (nSPS) is 13.0. The summed E-state index contributed by atoms with van der Waals surface area (Å²) in [5.74, 6) is 0. The van der Waals surface area contributed by atoms with Gasteiger partial charge >= 0.3 is 0 Å². The molecule has 8 aromatic rings. The second-order valence-electron chi connectivity index (χ2n) is 12.5. The van der Waals surface area contributed by atoms with Crippen LogP contribution in [0.1, 0.15) is 25.0 Å². The molecule has 0 atom stereocenters. The zero-order valence-electron chi connectivity index (χ0n) is 25.9. The number of nitrogens with zero attached hydrogens (tertiary/aromatic N) is 2. The molecule has 2 nitrogen and oxygen atoms in total. The van der Waals surface area contributed by atoms with Gasteiger partial charge in [0.15, 0.2) is 0 Å². The number of hydrogen-bond acceptors (Lipinski definition) is 1. The average Bonchev–Trinajstić information content (AvgIpc) is 3.54. The van der Waals surface area contributed by atoms with Crippen molar-refractivity contribution >= 4 is 49.6 Å². The van der Waals surface area contributed by atoms with Crippen LogP contribution in [-0.2, 0) is 5.41 Å².